The zero-order valence-electron chi connectivity index (χ0n) is 17.7. The second-order valence-corrected chi connectivity index (χ2v) is 10.1. The highest BCUT2D eigenvalue weighted by molar-refractivity contribution is 7.66. The van der Waals surface area contributed by atoms with Gasteiger partial charge in [0, 0.05) is 16.9 Å². The zero-order valence-corrected chi connectivity index (χ0v) is 18.7. The minimum atomic E-state index is -0.360. The Bertz CT molecular complexity index is 806. The van der Waals surface area contributed by atoms with Crippen molar-refractivity contribution in [2.75, 3.05) is 0 Å². The van der Waals surface area contributed by atoms with E-state index in [0.717, 1.165) is 27.7 Å². The van der Waals surface area contributed by atoms with Gasteiger partial charge in [0.05, 0.1) is 0 Å². The van der Waals surface area contributed by atoms with E-state index in [4.69, 9.17) is 9.47 Å². The molecular formula is C23H31O3P. The van der Waals surface area contributed by atoms with Gasteiger partial charge in [0.1, 0.15) is 22.7 Å². The van der Waals surface area contributed by atoms with Crippen molar-refractivity contribution >= 4 is 19.4 Å². The summed E-state index contributed by atoms with van der Waals surface area (Å²) in [5.41, 5.74) is 2.32. The highest BCUT2D eigenvalue weighted by Crippen LogP contribution is 2.32. The van der Waals surface area contributed by atoms with Gasteiger partial charge in [0.25, 0.3) is 0 Å². The van der Waals surface area contributed by atoms with Crippen LogP contribution in [0.1, 0.15) is 63.0 Å². The van der Waals surface area contributed by atoms with Gasteiger partial charge in [-0.25, -0.2) is 0 Å². The van der Waals surface area contributed by atoms with E-state index in [0.29, 0.717) is 5.75 Å². The predicted octanol–water partition coefficient (Wildman–Crippen LogP) is 5.80. The van der Waals surface area contributed by atoms with Crippen molar-refractivity contribution in [3.63, 3.8) is 0 Å². The summed E-state index contributed by atoms with van der Waals surface area (Å²) < 4.78 is 12.1. The molecule has 0 heterocycles. The molecule has 2 aromatic rings. The van der Waals surface area contributed by atoms with Crippen LogP contribution in [0.4, 0.5) is 0 Å². The Kier molecular flexibility index (Phi) is 6.37. The Morgan fingerprint density at radius 2 is 1.41 bits per heavy atom. The van der Waals surface area contributed by atoms with E-state index in [2.05, 4.69) is 0 Å². The van der Waals surface area contributed by atoms with Gasteiger partial charge in [-0.3, -0.25) is 4.79 Å². The molecule has 0 saturated heterocycles. The standard InChI is InChI=1S/C23H31O3P/c1-15-10-9-11-16(2)20(15)21(24)27-19-13-12-17(25-22(3,4)5)14-18(19)26-23(6,7)8/h9-14,27H,1-8H3. The van der Waals surface area contributed by atoms with Gasteiger partial charge in [-0.2, -0.15) is 0 Å². The second-order valence-electron chi connectivity index (χ2n) is 8.81. The minimum absolute atomic E-state index is 0.00183. The number of carbonyl (C=O) groups excluding carboxylic acids is 1. The molecule has 0 aliphatic carbocycles. The summed E-state index contributed by atoms with van der Waals surface area (Å²) in [6.45, 7) is 16.0. The Morgan fingerprint density at radius 3 is 1.93 bits per heavy atom. The minimum Gasteiger partial charge on any atom is -0.488 e. The predicted molar refractivity (Wildman–Crippen MR) is 115 cm³/mol. The third-order valence-corrected chi connectivity index (χ3v) is 4.91. The lowest BCUT2D eigenvalue weighted by Crippen LogP contribution is -2.26. The molecule has 3 nitrogen and oxygen atoms in total. The van der Waals surface area contributed by atoms with Gasteiger partial charge in [-0.15, -0.1) is 0 Å². The lowest BCUT2D eigenvalue weighted by molar-refractivity contribution is 0.108. The first-order valence-electron chi connectivity index (χ1n) is 9.25. The summed E-state index contributed by atoms with van der Waals surface area (Å²) in [4.78, 5) is 13.0. The molecule has 0 radical (unpaired) electrons. The van der Waals surface area contributed by atoms with E-state index >= 15 is 0 Å². The molecule has 0 N–H and O–H groups in total. The molecule has 0 aliphatic rings. The van der Waals surface area contributed by atoms with Crippen LogP contribution in [-0.4, -0.2) is 16.7 Å². The third kappa shape index (κ3) is 6.36. The molecule has 0 bridgehead atoms. The number of rotatable bonds is 5. The van der Waals surface area contributed by atoms with Crippen molar-refractivity contribution in [2.24, 2.45) is 0 Å². The van der Waals surface area contributed by atoms with Crippen LogP contribution in [0.15, 0.2) is 36.4 Å². The van der Waals surface area contributed by atoms with Crippen LogP contribution in [0, 0.1) is 13.8 Å². The molecular weight excluding hydrogens is 355 g/mol. The topological polar surface area (TPSA) is 35.5 Å². The van der Waals surface area contributed by atoms with E-state index in [9.17, 15) is 4.79 Å². The Balaban J connectivity index is 2.38. The van der Waals surface area contributed by atoms with E-state index in [1.165, 1.54) is 0 Å². The molecule has 146 valence electrons. The van der Waals surface area contributed by atoms with Crippen LogP contribution < -0.4 is 14.8 Å². The molecule has 1 unspecified atom stereocenters. The number of hydrogen-bond donors (Lipinski definition) is 0. The number of benzene rings is 2. The monoisotopic (exact) mass is 386 g/mol. The smallest absolute Gasteiger partial charge is 0.186 e. The van der Waals surface area contributed by atoms with Crippen molar-refractivity contribution in [3.05, 3.63) is 53.1 Å². The average Bonchev–Trinajstić information content (AvgIpc) is 2.46. The fourth-order valence-electron chi connectivity index (χ4n) is 2.79. The first-order valence-corrected chi connectivity index (χ1v) is 10.3. The summed E-state index contributed by atoms with van der Waals surface area (Å²) in [7, 11) is -0.00183. The van der Waals surface area contributed by atoms with E-state index in [1.54, 1.807) is 0 Å². The Labute approximate surface area is 165 Å². The molecule has 4 heteroatoms. The summed E-state index contributed by atoms with van der Waals surface area (Å²) in [6, 6.07) is 11.7. The van der Waals surface area contributed by atoms with Gasteiger partial charge in [-0.05, 0) is 87.2 Å². The fraction of sp³-hybridized carbons (Fsp3) is 0.435. The summed E-state index contributed by atoms with van der Waals surface area (Å²) in [5.74, 6) is 1.46. The van der Waals surface area contributed by atoms with Gasteiger partial charge >= 0.3 is 0 Å². The first-order chi connectivity index (χ1) is 12.4. The molecule has 0 saturated carbocycles. The van der Waals surface area contributed by atoms with Crippen molar-refractivity contribution in [1.82, 2.24) is 0 Å². The van der Waals surface area contributed by atoms with Crippen LogP contribution in [0.2, 0.25) is 0 Å². The maximum absolute atomic E-state index is 13.0. The summed E-state index contributed by atoms with van der Waals surface area (Å²) in [5, 5.41) is 0.902. The zero-order chi connectivity index (χ0) is 20.4. The van der Waals surface area contributed by atoms with Crippen molar-refractivity contribution in [1.29, 1.82) is 0 Å². The number of ether oxygens (including phenoxy) is 2. The number of carbonyl (C=O) groups is 1. The highest BCUT2D eigenvalue weighted by Gasteiger charge is 2.21. The van der Waals surface area contributed by atoms with Crippen molar-refractivity contribution in [3.8, 4) is 11.5 Å². The average molecular weight is 386 g/mol. The first kappa shape index (κ1) is 21.4. The maximum atomic E-state index is 13.0. The molecule has 1 atom stereocenters. The van der Waals surface area contributed by atoms with Crippen molar-refractivity contribution < 1.29 is 14.3 Å². The normalized spacial score (nSPS) is 12.4. The molecule has 27 heavy (non-hydrogen) atoms. The maximum Gasteiger partial charge on any atom is 0.186 e. The SMILES string of the molecule is Cc1cccc(C)c1C(=O)Pc1ccc(OC(C)(C)C)cc1OC(C)(C)C. The summed E-state index contributed by atoms with van der Waals surface area (Å²) >= 11 is 0. The number of aryl methyl sites for hydroxylation is 2. The van der Waals surface area contributed by atoms with Crippen molar-refractivity contribution in [2.45, 2.75) is 66.6 Å². The van der Waals surface area contributed by atoms with Crippen LogP contribution in [-0.2, 0) is 0 Å². The molecule has 0 aliphatic heterocycles. The van der Waals surface area contributed by atoms with Gasteiger partial charge in [0.2, 0.25) is 0 Å². The van der Waals surface area contributed by atoms with Gasteiger partial charge < -0.3 is 9.47 Å². The Morgan fingerprint density at radius 1 is 0.852 bits per heavy atom. The molecule has 0 amide bonds. The molecule has 2 aromatic carbocycles. The fourth-order valence-corrected chi connectivity index (χ4v) is 3.97. The number of hydrogen-bond acceptors (Lipinski definition) is 3. The van der Waals surface area contributed by atoms with E-state index in [1.807, 2.05) is 91.8 Å². The molecule has 0 spiro atoms. The van der Waals surface area contributed by atoms with E-state index < -0.39 is 0 Å². The largest absolute Gasteiger partial charge is 0.488 e. The quantitative estimate of drug-likeness (QED) is 0.609. The highest BCUT2D eigenvalue weighted by atomic mass is 31.1. The van der Waals surface area contributed by atoms with Gasteiger partial charge in [0.15, 0.2) is 5.52 Å². The van der Waals surface area contributed by atoms with Crippen LogP contribution in [0.5, 0.6) is 11.5 Å². The van der Waals surface area contributed by atoms with Crippen LogP contribution >= 0.6 is 8.58 Å². The molecule has 2 rings (SSSR count). The lowest BCUT2D eigenvalue weighted by atomic mass is 10.0. The molecule has 0 aromatic heterocycles. The van der Waals surface area contributed by atoms with Crippen LogP contribution in [0.3, 0.4) is 0 Å². The summed E-state index contributed by atoms with van der Waals surface area (Å²) in [6.07, 6.45) is 0. The molecule has 0 fully saturated rings. The Hall–Kier alpha value is -1.86. The van der Waals surface area contributed by atoms with Crippen LogP contribution in [0.25, 0.3) is 0 Å². The lowest BCUT2D eigenvalue weighted by Gasteiger charge is -2.26. The van der Waals surface area contributed by atoms with Gasteiger partial charge in [-0.1, -0.05) is 18.2 Å². The second kappa shape index (κ2) is 8.02. The third-order valence-electron chi connectivity index (χ3n) is 3.75. The van der Waals surface area contributed by atoms with E-state index in [-0.39, 0.29) is 25.3 Å².